The van der Waals surface area contributed by atoms with Gasteiger partial charge in [-0.2, -0.15) is 5.10 Å². The fourth-order valence-corrected chi connectivity index (χ4v) is 1.36. The largest absolute Gasteiger partial charge is 0.409 e. The minimum absolute atomic E-state index is 0.156. The van der Waals surface area contributed by atoms with E-state index in [1.807, 2.05) is 0 Å². The molecule has 0 spiro atoms. The number of hydrogen-bond acceptors (Lipinski definition) is 6. The van der Waals surface area contributed by atoms with E-state index < -0.39 is 4.92 Å². The molecular weight excluding hydrogens is 240 g/mol. The molecule has 0 unspecified atom stereocenters. The summed E-state index contributed by atoms with van der Waals surface area (Å²) in [5.74, 6) is 0.0807. The summed E-state index contributed by atoms with van der Waals surface area (Å²) in [7, 11) is 0. The Morgan fingerprint density at radius 2 is 2.39 bits per heavy atom. The van der Waals surface area contributed by atoms with Gasteiger partial charge in [0.05, 0.1) is 10.5 Å². The highest BCUT2D eigenvalue weighted by molar-refractivity contribution is 5.99. The lowest BCUT2D eigenvalue weighted by molar-refractivity contribution is -0.384. The number of nitro groups is 1. The van der Waals surface area contributed by atoms with Crippen LogP contribution < -0.4 is 5.73 Å². The van der Waals surface area contributed by atoms with Gasteiger partial charge >= 0.3 is 5.69 Å². The second kappa shape index (κ2) is 4.49. The van der Waals surface area contributed by atoms with Crippen molar-refractivity contribution in [1.29, 1.82) is 0 Å². The zero-order valence-corrected chi connectivity index (χ0v) is 8.96. The Balaban J connectivity index is 2.53. The van der Waals surface area contributed by atoms with Crippen LogP contribution in [-0.4, -0.2) is 30.7 Å². The van der Waals surface area contributed by atoms with Crippen LogP contribution in [0.2, 0.25) is 0 Å². The molecule has 0 aromatic carbocycles. The first-order valence-electron chi connectivity index (χ1n) is 4.76. The second-order valence-corrected chi connectivity index (χ2v) is 3.26. The summed E-state index contributed by atoms with van der Waals surface area (Å²) in [6.45, 7) is 0. The fraction of sp³-hybridized carbons (Fsp3) is 0. The van der Waals surface area contributed by atoms with Gasteiger partial charge in [0, 0.05) is 6.20 Å². The van der Waals surface area contributed by atoms with E-state index in [9.17, 15) is 10.1 Å². The van der Waals surface area contributed by atoms with Crippen LogP contribution in [0.5, 0.6) is 0 Å². The maximum absolute atomic E-state index is 10.6. The third kappa shape index (κ3) is 1.96. The van der Waals surface area contributed by atoms with Crippen molar-refractivity contribution in [2.45, 2.75) is 0 Å². The van der Waals surface area contributed by atoms with Crippen LogP contribution in [0, 0.1) is 10.1 Å². The molecule has 0 radical (unpaired) electrons. The highest BCUT2D eigenvalue weighted by Crippen LogP contribution is 2.15. The fourth-order valence-electron chi connectivity index (χ4n) is 1.36. The molecule has 9 heteroatoms. The third-order valence-corrected chi connectivity index (χ3v) is 2.17. The van der Waals surface area contributed by atoms with Gasteiger partial charge in [-0.3, -0.25) is 10.1 Å². The summed E-state index contributed by atoms with van der Waals surface area (Å²) >= 11 is 0. The van der Waals surface area contributed by atoms with Crippen LogP contribution in [0.1, 0.15) is 5.56 Å². The average molecular weight is 248 g/mol. The van der Waals surface area contributed by atoms with E-state index in [0.717, 1.165) is 6.20 Å². The van der Waals surface area contributed by atoms with Crippen molar-refractivity contribution in [3.8, 4) is 5.82 Å². The van der Waals surface area contributed by atoms with Crippen LogP contribution in [-0.2, 0) is 0 Å². The highest BCUT2D eigenvalue weighted by atomic mass is 16.6. The zero-order valence-electron chi connectivity index (χ0n) is 8.96. The summed E-state index contributed by atoms with van der Waals surface area (Å²) in [4.78, 5) is 14.0. The zero-order chi connectivity index (χ0) is 13.1. The van der Waals surface area contributed by atoms with Crippen molar-refractivity contribution in [2.75, 3.05) is 0 Å². The molecule has 0 aliphatic rings. The quantitative estimate of drug-likeness (QED) is 0.263. The van der Waals surface area contributed by atoms with E-state index >= 15 is 0 Å². The monoisotopic (exact) mass is 248 g/mol. The van der Waals surface area contributed by atoms with Crippen LogP contribution in [0.25, 0.3) is 5.82 Å². The molecule has 2 rings (SSSR count). The second-order valence-electron chi connectivity index (χ2n) is 3.26. The van der Waals surface area contributed by atoms with Crippen molar-refractivity contribution in [3.05, 3.63) is 46.4 Å². The van der Waals surface area contributed by atoms with Crippen LogP contribution in [0.3, 0.4) is 0 Å². The molecule has 9 nitrogen and oxygen atoms in total. The first-order chi connectivity index (χ1) is 8.63. The predicted molar refractivity (Wildman–Crippen MR) is 60.5 cm³/mol. The van der Waals surface area contributed by atoms with Gasteiger partial charge in [-0.25, -0.2) is 9.67 Å². The minimum Gasteiger partial charge on any atom is -0.409 e. The van der Waals surface area contributed by atoms with Crippen molar-refractivity contribution < 1.29 is 10.1 Å². The van der Waals surface area contributed by atoms with Gasteiger partial charge in [0.15, 0.2) is 11.7 Å². The van der Waals surface area contributed by atoms with Crippen molar-refractivity contribution in [2.24, 2.45) is 10.9 Å². The number of aromatic nitrogens is 3. The summed E-state index contributed by atoms with van der Waals surface area (Å²) in [6, 6.07) is 3.15. The number of nitrogens with two attached hydrogens (primary N) is 1. The van der Waals surface area contributed by atoms with Crippen molar-refractivity contribution in [1.82, 2.24) is 14.8 Å². The Labute approximate surface area is 100 Å². The standard InChI is InChI=1S/C9H8N6O3/c10-8(13-16)7-2-1-3-11-9(7)14-5-6(4-12-14)15(17)18/h1-5,16H,(H2,10,13). The molecule has 0 bridgehead atoms. The maximum Gasteiger partial charge on any atom is 0.307 e. The Morgan fingerprint density at radius 1 is 1.61 bits per heavy atom. The predicted octanol–water partition coefficient (Wildman–Crippen LogP) is 0.270. The van der Waals surface area contributed by atoms with Crippen LogP contribution in [0.15, 0.2) is 35.9 Å². The average Bonchev–Trinajstić information content (AvgIpc) is 2.87. The number of pyridine rings is 1. The summed E-state index contributed by atoms with van der Waals surface area (Å²) in [5.41, 5.74) is 5.63. The van der Waals surface area contributed by atoms with E-state index in [2.05, 4.69) is 15.2 Å². The van der Waals surface area contributed by atoms with E-state index in [-0.39, 0.29) is 17.3 Å². The Hall–Kier alpha value is -2.97. The Morgan fingerprint density at radius 3 is 3.00 bits per heavy atom. The van der Waals surface area contributed by atoms with E-state index in [0.29, 0.717) is 5.56 Å². The lowest BCUT2D eigenvalue weighted by atomic mass is 10.2. The molecule has 2 aromatic rings. The first-order valence-corrected chi connectivity index (χ1v) is 4.76. The molecular formula is C9H8N6O3. The van der Waals surface area contributed by atoms with Crippen molar-refractivity contribution >= 4 is 11.5 Å². The molecule has 0 saturated heterocycles. The molecule has 0 amide bonds. The molecule has 0 atom stereocenters. The van der Waals surface area contributed by atoms with Crippen molar-refractivity contribution in [3.63, 3.8) is 0 Å². The summed E-state index contributed by atoms with van der Waals surface area (Å²) in [5, 5.41) is 25.9. The van der Waals surface area contributed by atoms with Gasteiger partial charge in [0.1, 0.15) is 12.4 Å². The minimum atomic E-state index is -0.574. The highest BCUT2D eigenvalue weighted by Gasteiger charge is 2.14. The van der Waals surface area contributed by atoms with Crippen LogP contribution in [0.4, 0.5) is 5.69 Å². The Kier molecular flexibility index (Phi) is 2.87. The van der Waals surface area contributed by atoms with Gasteiger partial charge in [0.25, 0.3) is 0 Å². The van der Waals surface area contributed by atoms with E-state index in [1.165, 1.54) is 17.1 Å². The third-order valence-electron chi connectivity index (χ3n) is 2.17. The van der Waals surface area contributed by atoms with Gasteiger partial charge in [-0.1, -0.05) is 5.16 Å². The number of hydrogen-bond donors (Lipinski definition) is 2. The van der Waals surface area contributed by atoms with Gasteiger partial charge < -0.3 is 10.9 Å². The van der Waals surface area contributed by atoms with E-state index in [1.54, 1.807) is 12.1 Å². The molecule has 0 fully saturated rings. The SMILES string of the molecule is N/C(=N/O)c1cccnc1-n1cc([N+](=O)[O-])cn1. The molecule has 18 heavy (non-hydrogen) atoms. The molecule has 3 N–H and O–H groups in total. The molecule has 2 heterocycles. The van der Waals surface area contributed by atoms with Gasteiger partial charge in [-0.15, -0.1) is 0 Å². The Bertz CT molecular complexity index is 620. The summed E-state index contributed by atoms with van der Waals surface area (Å²) < 4.78 is 1.19. The lowest BCUT2D eigenvalue weighted by Crippen LogP contribution is -2.17. The normalized spacial score (nSPS) is 11.4. The molecule has 0 saturated carbocycles. The van der Waals surface area contributed by atoms with Gasteiger partial charge in [0.2, 0.25) is 0 Å². The topological polar surface area (TPSA) is 132 Å². The number of oxime groups is 1. The van der Waals surface area contributed by atoms with Gasteiger partial charge in [-0.05, 0) is 12.1 Å². The number of nitrogens with zero attached hydrogens (tertiary/aromatic N) is 5. The smallest absolute Gasteiger partial charge is 0.307 e. The lowest BCUT2D eigenvalue weighted by Gasteiger charge is -2.05. The first kappa shape index (κ1) is 11.5. The molecule has 92 valence electrons. The number of rotatable bonds is 3. The molecule has 0 aliphatic carbocycles. The van der Waals surface area contributed by atoms with Crippen LogP contribution >= 0.6 is 0 Å². The summed E-state index contributed by atoms with van der Waals surface area (Å²) in [6.07, 6.45) is 3.75. The van der Waals surface area contributed by atoms with E-state index in [4.69, 9.17) is 10.9 Å². The molecule has 0 aliphatic heterocycles. The number of amidine groups is 1. The maximum atomic E-state index is 10.6. The molecule has 2 aromatic heterocycles.